The molecule has 1 aliphatic carbocycles. The molecule has 37 heavy (non-hydrogen) atoms. The predicted molar refractivity (Wildman–Crippen MR) is 153 cm³/mol. The molecule has 186 valence electrons. The molecule has 0 saturated carbocycles. The summed E-state index contributed by atoms with van der Waals surface area (Å²) in [5, 5.41) is 2.07. The van der Waals surface area contributed by atoms with Gasteiger partial charge in [0.1, 0.15) is 6.61 Å². The number of rotatable bonds is 6. The second-order valence-corrected chi connectivity index (χ2v) is 11.6. The number of ether oxygens (including phenoxy) is 2. The average molecular weight is 592 g/mol. The van der Waals surface area contributed by atoms with E-state index in [1.54, 1.807) is 24.5 Å². The first kappa shape index (κ1) is 24.2. The topological polar surface area (TPSA) is 52.8 Å². The number of methoxy groups -OCH3 is 1. The number of aromatic nitrogens is 1. The molecule has 3 heterocycles. The number of fused-ring (bicyclic) bond motifs is 3. The van der Waals surface area contributed by atoms with Gasteiger partial charge < -0.3 is 9.47 Å². The van der Waals surface area contributed by atoms with E-state index in [1.807, 2.05) is 28.8 Å². The maximum absolute atomic E-state index is 13.9. The molecule has 2 aromatic carbocycles. The average Bonchev–Trinajstić information content (AvgIpc) is 3.55. The summed E-state index contributed by atoms with van der Waals surface area (Å²) >= 11 is 6.69. The minimum Gasteiger partial charge on any atom is -0.493 e. The fourth-order valence-corrected chi connectivity index (χ4v) is 7.40. The molecule has 6 rings (SSSR count). The van der Waals surface area contributed by atoms with Crippen molar-refractivity contribution in [2.24, 2.45) is 4.99 Å². The number of thiazole rings is 1. The largest absolute Gasteiger partial charge is 0.493 e. The molecule has 0 bridgehead atoms. The molecule has 0 radical (unpaired) electrons. The van der Waals surface area contributed by atoms with Crippen molar-refractivity contribution in [3.63, 3.8) is 0 Å². The van der Waals surface area contributed by atoms with Crippen molar-refractivity contribution >= 4 is 50.4 Å². The summed E-state index contributed by atoms with van der Waals surface area (Å²) in [6.07, 6.45) is 5.42. The standard InChI is InChI=1S/C29H23BrN2O3S2/c1-3-12-35-27-21(30)14-17(15-22(27)34-2)16-24-28(33)32-26(23-9-6-13-36-23)20-11-10-18-7-4-5-8-19(18)25(20)31-29(32)37-24/h3-9,13-16,26H,1,10-12H2,2H3/b24-16+/t26-/m1/s1. The fraction of sp³-hybridized carbons (Fsp3) is 0.172. The van der Waals surface area contributed by atoms with Gasteiger partial charge in [-0.15, -0.1) is 11.3 Å². The molecular weight excluding hydrogens is 568 g/mol. The minimum atomic E-state index is -0.141. The molecule has 0 spiro atoms. The summed E-state index contributed by atoms with van der Waals surface area (Å²) in [6, 6.07) is 16.3. The Bertz CT molecular complexity index is 1730. The Hall–Kier alpha value is -3.20. The van der Waals surface area contributed by atoms with Crippen molar-refractivity contribution in [3.8, 4) is 11.5 Å². The number of hydrogen-bond donors (Lipinski definition) is 0. The van der Waals surface area contributed by atoms with Crippen molar-refractivity contribution in [2.75, 3.05) is 13.7 Å². The van der Waals surface area contributed by atoms with E-state index in [-0.39, 0.29) is 11.6 Å². The third-order valence-electron chi connectivity index (χ3n) is 6.58. The van der Waals surface area contributed by atoms with Gasteiger partial charge in [-0.1, -0.05) is 54.3 Å². The highest BCUT2D eigenvalue weighted by molar-refractivity contribution is 9.10. The summed E-state index contributed by atoms with van der Waals surface area (Å²) in [5.74, 6) is 1.18. The summed E-state index contributed by atoms with van der Waals surface area (Å²) < 4.78 is 14.6. The van der Waals surface area contributed by atoms with Crippen molar-refractivity contribution in [3.05, 3.63) is 118 Å². The van der Waals surface area contributed by atoms with Crippen molar-refractivity contribution in [1.82, 2.24) is 4.57 Å². The Morgan fingerprint density at radius 3 is 2.86 bits per heavy atom. The normalized spacial score (nSPS) is 16.5. The van der Waals surface area contributed by atoms with Gasteiger partial charge in [-0.25, -0.2) is 4.99 Å². The van der Waals surface area contributed by atoms with Crippen molar-refractivity contribution in [2.45, 2.75) is 18.9 Å². The van der Waals surface area contributed by atoms with E-state index in [9.17, 15) is 4.79 Å². The zero-order valence-electron chi connectivity index (χ0n) is 20.1. The monoisotopic (exact) mass is 590 g/mol. The van der Waals surface area contributed by atoms with Crippen LogP contribution >= 0.6 is 38.6 Å². The third kappa shape index (κ3) is 4.23. The lowest BCUT2D eigenvalue weighted by Crippen LogP contribution is -2.38. The molecule has 1 atom stereocenters. The van der Waals surface area contributed by atoms with Crippen LogP contribution in [0, 0.1) is 0 Å². The number of hydrogen-bond acceptors (Lipinski definition) is 6. The Balaban J connectivity index is 1.54. The summed E-state index contributed by atoms with van der Waals surface area (Å²) in [5.41, 5.74) is 5.52. The quantitative estimate of drug-likeness (QED) is 0.270. The molecule has 0 amide bonds. The minimum absolute atomic E-state index is 0.0327. The van der Waals surface area contributed by atoms with Crippen LogP contribution in [-0.2, 0) is 6.42 Å². The van der Waals surface area contributed by atoms with E-state index in [1.165, 1.54) is 28.0 Å². The second-order valence-electron chi connectivity index (χ2n) is 8.76. The summed E-state index contributed by atoms with van der Waals surface area (Å²) in [4.78, 5) is 20.8. The van der Waals surface area contributed by atoms with E-state index in [0.717, 1.165) is 38.3 Å². The van der Waals surface area contributed by atoms with Crippen LogP contribution in [0.1, 0.15) is 34.0 Å². The van der Waals surface area contributed by atoms with Crippen LogP contribution in [0.4, 0.5) is 0 Å². The molecule has 2 aliphatic rings. The zero-order chi connectivity index (χ0) is 25.5. The number of thiophene rings is 1. The highest BCUT2D eigenvalue weighted by Gasteiger charge is 2.33. The van der Waals surface area contributed by atoms with Gasteiger partial charge >= 0.3 is 0 Å². The van der Waals surface area contributed by atoms with Crippen LogP contribution in [0.5, 0.6) is 11.5 Å². The van der Waals surface area contributed by atoms with Crippen LogP contribution in [-0.4, -0.2) is 18.3 Å². The van der Waals surface area contributed by atoms with Gasteiger partial charge in [0.25, 0.3) is 5.56 Å². The van der Waals surface area contributed by atoms with Gasteiger partial charge in [-0.05, 0) is 75.1 Å². The van der Waals surface area contributed by atoms with E-state index in [2.05, 4.69) is 58.2 Å². The van der Waals surface area contributed by atoms with Gasteiger partial charge in [-0.3, -0.25) is 9.36 Å². The van der Waals surface area contributed by atoms with Gasteiger partial charge in [-0.2, -0.15) is 0 Å². The lowest BCUT2D eigenvalue weighted by atomic mass is 9.85. The second kappa shape index (κ2) is 9.93. The smallest absolute Gasteiger partial charge is 0.271 e. The zero-order valence-corrected chi connectivity index (χ0v) is 23.3. The van der Waals surface area contributed by atoms with Crippen LogP contribution in [0.3, 0.4) is 0 Å². The number of allylic oxidation sites excluding steroid dienone is 1. The first-order valence-electron chi connectivity index (χ1n) is 11.9. The van der Waals surface area contributed by atoms with E-state index in [4.69, 9.17) is 14.5 Å². The summed E-state index contributed by atoms with van der Waals surface area (Å²) in [7, 11) is 1.60. The van der Waals surface area contributed by atoms with Crippen LogP contribution in [0.25, 0.3) is 11.8 Å². The maximum atomic E-state index is 13.9. The number of halogens is 1. The van der Waals surface area contributed by atoms with E-state index in [0.29, 0.717) is 22.6 Å². The molecule has 5 nitrogen and oxygen atoms in total. The van der Waals surface area contributed by atoms with Gasteiger partial charge in [0.05, 0.1) is 27.9 Å². The lowest BCUT2D eigenvalue weighted by molar-refractivity contribution is 0.324. The van der Waals surface area contributed by atoms with Gasteiger partial charge in [0.2, 0.25) is 0 Å². The molecule has 0 saturated heterocycles. The first-order chi connectivity index (χ1) is 18.1. The molecule has 4 aromatic rings. The Kier molecular flexibility index (Phi) is 6.48. The molecular formula is C29H23BrN2O3S2. The third-order valence-corrected chi connectivity index (χ3v) is 9.08. The van der Waals surface area contributed by atoms with Crippen LogP contribution < -0.4 is 24.4 Å². The fourth-order valence-electron chi connectivity index (χ4n) is 4.97. The Labute approximate surface area is 230 Å². The highest BCUT2D eigenvalue weighted by Crippen LogP contribution is 2.42. The molecule has 0 N–H and O–H groups in total. The number of aryl methyl sites for hydroxylation is 1. The molecule has 0 unspecified atom stereocenters. The van der Waals surface area contributed by atoms with Gasteiger partial charge in [0, 0.05) is 10.4 Å². The lowest BCUT2D eigenvalue weighted by Gasteiger charge is -2.30. The van der Waals surface area contributed by atoms with Crippen LogP contribution in [0.2, 0.25) is 0 Å². The highest BCUT2D eigenvalue weighted by atomic mass is 79.9. The SMILES string of the molecule is C=CCOc1c(Br)cc(/C=c2/sc3n(c2=O)[C@@H](c2cccs2)C2=C(N=3)c3ccccc3CC2)cc1OC. The predicted octanol–water partition coefficient (Wildman–Crippen LogP) is 5.72. The number of nitrogens with zero attached hydrogens (tertiary/aromatic N) is 2. The number of benzene rings is 2. The van der Waals surface area contributed by atoms with E-state index < -0.39 is 0 Å². The Morgan fingerprint density at radius 1 is 1.22 bits per heavy atom. The summed E-state index contributed by atoms with van der Waals surface area (Å²) in [6.45, 7) is 4.07. The van der Waals surface area contributed by atoms with Crippen molar-refractivity contribution in [1.29, 1.82) is 0 Å². The molecule has 1 aliphatic heterocycles. The van der Waals surface area contributed by atoms with Gasteiger partial charge in [0.15, 0.2) is 16.3 Å². The van der Waals surface area contributed by atoms with E-state index >= 15 is 0 Å². The molecule has 8 heteroatoms. The maximum Gasteiger partial charge on any atom is 0.271 e. The molecule has 0 fully saturated rings. The van der Waals surface area contributed by atoms with Crippen molar-refractivity contribution < 1.29 is 9.47 Å². The Morgan fingerprint density at radius 2 is 2.08 bits per heavy atom. The molecule has 2 aromatic heterocycles. The van der Waals surface area contributed by atoms with Crippen LogP contribution in [0.15, 0.2) is 86.4 Å². The first-order valence-corrected chi connectivity index (χ1v) is 14.4.